The average molecular weight is 362 g/mol. The molecule has 1 aromatic carbocycles. The highest BCUT2D eigenvalue weighted by Gasteiger charge is 2.18. The average Bonchev–Trinajstić information content (AvgIpc) is 2.80. The molecule has 0 saturated heterocycles. The summed E-state index contributed by atoms with van der Waals surface area (Å²) in [5, 5.41) is 9.83. The van der Waals surface area contributed by atoms with Gasteiger partial charge in [-0.25, -0.2) is 17.5 Å². The van der Waals surface area contributed by atoms with Crippen molar-refractivity contribution in [3.63, 3.8) is 0 Å². The van der Waals surface area contributed by atoms with Gasteiger partial charge in [-0.1, -0.05) is 11.6 Å². The van der Waals surface area contributed by atoms with Gasteiger partial charge in [-0.2, -0.15) is 0 Å². The van der Waals surface area contributed by atoms with Crippen molar-refractivity contribution in [2.75, 3.05) is 6.54 Å². The van der Waals surface area contributed by atoms with E-state index in [1.165, 1.54) is 0 Å². The molecule has 1 atom stereocenters. The van der Waals surface area contributed by atoms with Crippen molar-refractivity contribution in [3.8, 4) is 0 Å². The minimum Gasteiger partial charge on any atom is -0.466 e. The molecule has 0 aliphatic rings. The summed E-state index contributed by atoms with van der Waals surface area (Å²) in [6.07, 6.45) is -0.666. The summed E-state index contributed by atoms with van der Waals surface area (Å²) in [7, 11) is -3.82. The number of nitrogens with one attached hydrogen (secondary N) is 1. The summed E-state index contributed by atoms with van der Waals surface area (Å²) in [5.74, 6) is 0.591. The number of aryl methyl sites for hydroxylation is 2. The monoisotopic (exact) mass is 361 g/mol. The van der Waals surface area contributed by atoms with E-state index < -0.39 is 21.9 Å². The Morgan fingerprint density at radius 1 is 1.35 bits per heavy atom. The Kier molecular flexibility index (Phi) is 5.46. The van der Waals surface area contributed by atoms with Crippen molar-refractivity contribution < 1.29 is 22.3 Å². The number of aliphatic hydroxyl groups excluding tert-OH is 1. The molecule has 2 rings (SSSR count). The van der Waals surface area contributed by atoms with Gasteiger partial charge in [0.05, 0.1) is 16.0 Å². The van der Waals surface area contributed by atoms with Crippen molar-refractivity contribution in [1.29, 1.82) is 0 Å². The molecule has 126 valence electrons. The van der Waals surface area contributed by atoms with Crippen LogP contribution >= 0.6 is 11.6 Å². The maximum atomic E-state index is 13.1. The molecule has 0 unspecified atom stereocenters. The minimum atomic E-state index is -3.82. The van der Waals surface area contributed by atoms with Gasteiger partial charge in [0.15, 0.2) is 0 Å². The van der Waals surface area contributed by atoms with Gasteiger partial charge in [0.1, 0.15) is 17.3 Å². The van der Waals surface area contributed by atoms with E-state index in [1.54, 1.807) is 19.9 Å². The fourth-order valence-corrected chi connectivity index (χ4v) is 3.51. The van der Waals surface area contributed by atoms with E-state index in [0.29, 0.717) is 17.1 Å². The summed E-state index contributed by atoms with van der Waals surface area (Å²) >= 11 is 5.59. The first kappa shape index (κ1) is 17.9. The Balaban J connectivity index is 1.99. The first-order chi connectivity index (χ1) is 10.7. The highest BCUT2D eigenvalue weighted by atomic mass is 35.5. The van der Waals surface area contributed by atoms with Crippen LogP contribution in [-0.2, 0) is 10.0 Å². The number of furan rings is 1. The Morgan fingerprint density at radius 3 is 2.61 bits per heavy atom. The summed E-state index contributed by atoms with van der Waals surface area (Å²) in [6.45, 7) is 3.52. The van der Waals surface area contributed by atoms with Crippen LogP contribution in [0.2, 0.25) is 5.02 Å². The molecule has 0 fully saturated rings. The standard InChI is InChI=1S/C15H17ClFNO4S/c1-9-7-12(10(2)22-9)15(19)5-6-18-23(20,21)11-3-4-14(17)13(16)8-11/h3-4,7-8,15,18-19H,5-6H2,1-2H3/t15-/m1/s1. The molecule has 0 bridgehead atoms. The molecule has 1 aromatic heterocycles. The smallest absolute Gasteiger partial charge is 0.240 e. The number of hydrogen-bond acceptors (Lipinski definition) is 4. The fourth-order valence-electron chi connectivity index (χ4n) is 2.19. The van der Waals surface area contributed by atoms with Gasteiger partial charge in [-0.15, -0.1) is 0 Å². The normalized spacial score (nSPS) is 13.3. The first-order valence-electron chi connectivity index (χ1n) is 6.90. The molecule has 5 nitrogen and oxygen atoms in total. The molecule has 0 saturated carbocycles. The SMILES string of the molecule is Cc1cc([C@H](O)CCNS(=O)(=O)c2ccc(F)c(Cl)c2)c(C)o1. The molecule has 23 heavy (non-hydrogen) atoms. The number of benzene rings is 1. The lowest BCUT2D eigenvalue weighted by molar-refractivity contribution is 0.167. The van der Waals surface area contributed by atoms with Crippen LogP contribution in [0.1, 0.15) is 29.6 Å². The molecule has 0 aliphatic heterocycles. The second-order valence-electron chi connectivity index (χ2n) is 5.15. The molecule has 0 aliphatic carbocycles. The van der Waals surface area contributed by atoms with E-state index >= 15 is 0 Å². The van der Waals surface area contributed by atoms with Crippen LogP contribution in [0.15, 0.2) is 33.6 Å². The molecule has 2 aromatic rings. The van der Waals surface area contributed by atoms with E-state index in [2.05, 4.69) is 4.72 Å². The van der Waals surface area contributed by atoms with Crippen molar-refractivity contribution in [2.45, 2.75) is 31.3 Å². The number of aliphatic hydroxyl groups is 1. The Labute approximate surface area is 139 Å². The zero-order valence-corrected chi connectivity index (χ0v) is 14.2. The predicted molar refractivity (Wildman–Crippen MR) is 84.4 cm³/mol. The van der Waals surface area contributed by atoms with E-state index in [4.69, 9.17) is 16.0 Å². The highest BCUT2D eigenvalue weighted by molar-refractivity contribution is 7.89. The zero-order valence-electron chi connectivity index (χ0n) is 12.6. The van der Waals surface area contributed by atoms with Crippen LogP contribution in [-0.4, -0.2) is 20.1 Å². The largest absolute Gasteiger partial charge is 0.466 e. The van der Waals surface area contributed by atoms with E-state index in [-0.39, 0.29) is 22.9 Å². The molecule has 2 N–H and O–H groups in total. The van der Waals surface area contributed by atoms with Crippen LogP contribution in [0.4, 0.5) is 4.39 Å². The Hall–Kier alpha value is -1.41. The summed E-state index contributed by atoms with van der Waals surface area (Å²) in [6, 6.07) is 4.88. The Bertz CT molecular complexity index is 804. The van der Waals surface area contributed by atoms with Crippen LogP contribution in [0.5, 0.6) is 0 Å². The van der Waals surface area contributed by atoms with Gasteiger partial charge in [-0.3, -0.25) is 0 Å². The number of rotatable bonds is 6. The van der Waals surface area contributed by atoms with Gasteiger partial charge in [-0.05, 0) is 44.5 Å². The van der Waals surface area contributed by atoms with Crippen molar-refractivity contribution >= 4 is 21.6 Å². The topological polar surface area (TPSA) is 79.5 Å². The van der Waals surface area contributed by atoms with Crippen molar-refractivity contribution in [1.82, 2.24) is 4.72 Å². The third kappa shape index (κ3) is 4.32. The number of hydrogen-bond donors (Lipinski definition) is 2. The second kappa shape index (κ2) is 7.00. The van der Waals surface area contributed by atoms with Gasteiger partial charge in [0.2, 0.25) is 10.0 Å². The third-order valence-electron chi connectivity index (χ3n) is 3.35. The molecular weight excluding hydrogens is 345 g/mol. The maximum absolute atomic E-state index is 13.1. The van der Waals surface area contributed by atoms with Crippen molar-refractivity contribution in [3.05, 3.63) is 52.2 Å². The van der Waals surface area contributed by atoms with E-state index in [9.17, 15) is 17.9 Å². The lowest BCUT2D eigenvalue weighted by Crippen LogP contribution is -2.26. The lowest BCUT2D eigenvalue weighted by atomic mass is 10.1. The highest BCUT2D eigenvalue weighted by Crippen LogP contribution is 2.24. The van der Waals surface area contributed by atoms with Crippen LogP contribution < -0.4 is 4.72 Å². The van der Waals surface area contributed by atoms with Gasteiger partial charge in [0.25, 0.3) is 0 Å². The second-order valence-corrected chi connectivity index (χ2v) is 7.32. The number of sulfonamides is 1. The third-order valence-corrected chi connectivity index (χ3v) is 5.10. The fraction of sp³-hybridized carbons (Fsp3) is 0.333. The van der Waals surface area contributed by atoms with Crippen LogP contribution in [0.25, 0.3) is 0 Å². The quantitative estimate of drug-likeness (QED) is 0.828. The zero-order chi connectivity index (χ0) is 17.2. The molecular formula is C15H17ClFNO4S. The molecule has 8 heteroatoms. The summed E-state index contributed by atoms with van der Waals surface area (Å²) < 4.78 is 44.9. The van der Waals surface area contributed by atoms with Crippen LogP contribution in [0.3, 0.4) is 0 Å². The summed E-state index contributed by atoms with van der Waals surface area (Å²) in [4.78, 5) is -0.131. The van der Waals surface area contributed by atoms with Crippen molar-refractivity contribution in [2.24, 2.45) is 0 Å². The lowest BCUT2D eigenvalue weighted by Gasteiger charge is -2.11. The predicted octanol–water partition coefficient (Wildman–Crippen LogP) is 3.09. The number of halogens is 2. The minimum absolute atomic E-state index is 0.0160. The van der Waals surface area contributed by atoms with E-state index in [1.807, 2.05) is 0 Å². The maximum Gasteiger partial charge on any atom is 0.240 e. The molecule has 0 radical (unpaired) electrons. The molecule has 1 heterocycles. The van der Waals surface area contributed by atoms with E-state index in [0.717, 1.165) is 18.2 Å². The molecule has 0 amide bonds. The first-order valence-corrected chi connectivity index (χ1v) is 8.76. The van der Waals surface area contributed by atoms with Crippen LogP contribution in [0, 0.1) is 19.7 Å². The molecule has 0 spiro atoms. The Morgan fingerprint density at radius 2 is 2.04 bits per heavy atom. The summed E-state index contributed by atoms with van der Waals surface area (Å²) in [5.41, 5.74) is 0.631. The van der Waals surface area contributed by atoms with Gasteiger partial charge >= 0.3 is 0 Å². The van der Waals surface area contributed by atoms with Gasteiger partial charge in [0, 0.05) is 12.1 Å². The van der Waals surface area contributed by atoms with Gasteiger partial charge < -0.3 is 9.52 Å².